The Labute approximate surface area is 196 Å². The molecule has 0 amide bonds. The molecule has 0 fully saturated rings. The highest BCUT2D eigenvalue weighted by molar-refractivity contribution is 5.91. The molecule has 5 rings (SSSR count). The third-order valence-corrected chi connectivity index (χ3v) is 5.55. The van der Waals surface area contributed by atoms with Crippen LogP contribution in [0, 0.1) is 5.82 Å². The van der Waals surface area contributed by atoms with Crippen LogP contribution in [-0.4, -0.2) is 31.7 Å². The number of nitrogens with one attached hydrogen (secondary N) is 1. The molecule has 0 aliphatic rings. The van der Waals surface area contributed by atoms with E-state index in [-0.39, 0.29) is 5.82 Å². The van der Waals surface area contributed by atoms with E-state index in [4.69, 9.17) is 10.8 Å². The molecule has 0 saturated carbocycles. The number of fused-ring (bicyclic) bond motifs is 2. The standard InChI is InChI=1S/C15H11FN2.C12H14N2O2/c16-13-5-6-14-12(10-18-15(14)8-13)4-3-11-2-1-7-17-9-11;1-14-7-8(6-10(13)12(15)16)9-4-2-3-5-11(9)14/h1-10,18H;2-5,7,10H,6,13H2,1H3,(H,15,16)/b4-3+;/t;10-/m.1/s1. The lowest BCUT2D eigenvalue weighted by Crippen LogP contribution is -2.32. The Balaban J connectivity index is 0.000000162. The summed E-state index contributed by atoms with van der Waals surface area (Å²) in [5.74, 6) is -1.19. The number of carboxylic acid groups (broad SMARTS) is 1. The first-order valence-electron chi connectivity index (χ1n) is 10.8. The number of hydrogen-bond acceptors (Lipinski definition) is 3. The fourth-order valence-corrected chi connectivity index (χ4v) is 3.83. The number of aromatic nitrogens is 3. The quantitative estimate of drug-likeness (QED) is 0.347. The number of aryl methyl sites for hydroxylation is 1. The summed E-state index contributed by atoms with van der Waals surface area (Å²) in [7, 11) is 1.94. The summed E-state index contributed by atoms with van der Waals surface area (Å²) in [6.07, 6.45) is 11.7. The molecule has 172 valence electrons. The molecule has 0 aliphatic carbocycles. The smallest absolute Gasteiger partial charge is 0.320 e. The minimum atomic E-state index is -0.965. The van der Waals surface area contributed by atoms with Crippen molar-refractivity contribution in [3.05, 3.63) is 102 Å². The fraction of sp³-hybridized carbons (Fsp3) is 0.111. The number of H-pyrrole nitrogens is 1. The van der Waals surface area contributed by atoms with E-state index in [1.54, 1.807) is 18.5 Å². The number of para-hydroxylation sites is 1. The maximum Gasteiger partial charge on any atom is 0.320 e. The van der Waals surface area contributed by atoms with Gasteiger partial charge in [-0.15, -0.1) is 0 Å². The van der Waals surface area contributed by atoms with Gasteiger partial charge in [0.1, 0.15) is 11.9 Å². The predicted octanol–water partition coefficient (Wildman–Crippen LogP) is 5.01. The second-order valence-electron chi connectivity index (χ2n) is 7.98. The van der Waals surface area contributed by atoms with E-state index < -0.39 is 12.0 Å². The number of rotatable bonds is 5. The Morgan fingerprint density at radius 2 is 2.00 bits per heavy atom. The molecule has 1 atom stereocenters. The van der Waals surface area contributed by atoms with Crippen LogP contribution in [0.1, 0.15) is 16.7 Å². The minimum absolute atomic E-state index is 0.230. The van der Waals surface area contributed by atoms with Crippen molar-refractivity contribution >= 4 is 39.9 Å². The number of aliphatic carboxylic acids is 1. The number of hydrogen-bond donors (Lipinski definition) is 3. The van der Waals surface area contributed by atoms with Crippen molar-refractivity contribution in [2.75, 3.05) is 0 Å². The Kier molecular flexibility index (Phi) is 6.85. The van der Waals surface area contributed by atoms with Crippen LogP contribution >= 0.6 is 0 Å². The summed E-state index contributed by atoms with van der Waals surface area (Å²) >= 11 is 0. The second-order valence-corrected chi connectivity index (χ2v) is 7.98. The number of nitrogens with zero attached hydrogens (tertiary/aromatic N) is 2. The van der Waals surface area contributed by atoms with Crippen molar-refractivity contribution in [3.63, 3.8) is 0 Å². The highest BCUT2D eigenvalue weighted by atomic mass is 19.1. The molecular weight excluding hydrogens is 431 g/mol. The minimum Gasteiger partial charge on any atom is -0.480 e. The molecular formula is C27H25FN4O2. The van der Waals surface area contributed by atoms with Gasteiger partial charge in [0.05, 0.1) is 0 Å². The number of halogens is 1. The Bertz CT molecular complexity index is 1450. The van der Waals surface area contributed by atoms with E-state index >= 15 is 0 Å². The van der Waals surface area contributed by atoms with E-state index in [1.807, 2.05) is 72.6 Å². The van der Waals surface area contributed by atoms with E-state index in [9.17, 15) is 9.18 Å². The number of carboxylic acids is 1. The Morgan fingerprint density at radius 1 is 1.18 bits per heavy atom. The SMILES string of the molecule is Cn1cc(C[C@@H](N)C(=O)O)c2ccccc21.Fc1ccc2c(/C=C/c3cccnc3)c[nH]c2c1. The van der Waals surface area contributed by atoms with E-state index in [2.05, 4.69) is 9.97 Å². The lowest BCUT2D eigenvalue weighted by Gasteiger charge is -2.04. The second kappa shape index (κ2) is 10.1. The molecule has 3 heterocycles. The maximum atomic E-state index is 13.1. The zero-order chi connectivity index (χ0) is 24.1. The van der Waals surface area contributed by atoms with Crippen LogP contribution in [0.2, 0.25) is 0 Å². The molecule has 6 nitrogen and oxygen atoms in total. The largest absolute Gasteiger partial charge is 0.480 e. The van der Waals surface area contributed by atoms with Gasteiger partial charge in [-0.25, -0.2) is 4.39 Å². The highest BCUT2D eigenvalue weighted by Crippen LogP contribution is 2.22. The number of pyridine rings is 1. The van der Waals surface area contributed by atoms with Gasteiger partial charge in [-0.05, 0) is 47.0 Å². The molecule has 0 radical (unpaired) electrons. The van der Waals surface area contributed by atoms with Crippen molar-refractivity contribution in [1.29, 1.82) is 0 Å². The van der Waals surface area contributed by atoms with E-state index in [0.717, 1.165) is 38.5 Å². The third-order valence-electron chi connectivity index (χ3n) is 5.55. The van der Waals surface area contributed by atoms with Crippen molar-refractivity contribution in [2.45, 2.75) is 12.5 Å². The van der Waals surface area contributed by atoms with E-state index in [1.165, 1.54) is 12.1 Å². The number of aromatic amines is 1. The summed E-state index contributed by atoms with van der Waals surface area (Å²) in [6, 6.07) is 15.7. The van der Waals surface area contributed by atoms with Crippen LogP contribution in [0.15, 0.2) is 79.4 Å². The summed E-state index contributed by atoms with van der Waals surface area (Å²) in [5.41, 5.74) is 10.5. The van der Waals surface area contributed by atoms with Gasteiger partial charge in [-0.1, -0.05) is 36.4 Å². The number of carbonyl (C=O) groups is 1. The first-order valence-corrected chi connectivity index (χ1v) is 10.8. The summed E-state index contributed by atoms with van der Waals surface area (Å²) in [4.78, 5) is 17.8. The number of nitrogens with two attached hydrogens (primary N) is 1. The Hall–Kier alpha value is -4.23. The van der Waals surface area contributed by atoms with Gasteiger partial charge in [0.15, 0.2) is 0 Å². The van der Waals surface area contributed by atoms with Crippen LogP contribution in [0.4, 0.5) is 4.39 Å². The fourth-order valence-electron chi connectivity index (χ4n) is 3.83. The topological polar surface area (TPSA) is 96.9 Å². The normalized spacial score (nSPS) is 12.1. The van der Waals surface area contributed by atoms with Crippen LogP contribution < -0.4 is 5.73 Å². The molecule has 34 heavy (non-hydrogen) atoms. The van der Waals surface area contributed by atoms with Crippen molar-refractivity contribution in [3.8, 4) is 0 Å². The summed E-state index contributed by atoms with van der Waals surface area (Å²) < 4.78 is 15.0. The average molecular weight is 457 g/mol. The zero-order valence-corrected chi connectivity index (χ0v) is 18.6. The predicted molar refractivity (Wildman–Crippen MR) is 134 cm³/mol. The molecule has 0 saturated heterocycles. The van der Waals surface area contributed by atoms with Crippen molar-refractivity contribution < 1.29 is 14.3 Å². The lowest BCUT2D eigenvalue weighted by atomic mass is 10.1. The zero-order valence-electron chi connectivity index (χ0n) is 18.6. The monoisotopic (exact) mass is 456 g/mol. The van der Waals surface area contributed by atoms with Crippen molar-refractivity contribution in [2.24, 2.45) is 12.8 Å². The van der Waals surface area contributed by atoms with Gasteiger partial charge >= 0.3 is 5.97 Å². The van der Waals surface area contributed by atoms with Crippen LogP contribution in [0.5, 0.6) is 0 Å². The number of benzene rings is 2. The molecule has 5 aromatic rings. The molecule has 3 aromatic heterocycles. The van der Waals surface area contributed by atoms with Gasteiger partial charge < -0.3 is 20.4 Å². The molecule has 0 bridgehead atoms. The molecule has 2 aromatic carbocycles. The van der Waals surface area contributed by atoms with Gasteiger partial charge in [0, 0.05) is 60.1 Å². The summed E-state index contributed by atoms with van der Waals surface area (Å²) in [5, 5.41) is 10.9. The first-order chi connectivity index (χ1) is 16.4. The molecule has 7 heteroatoms. The van der Waals surface area contributed by atoms with Crippen LogP contribution in [0.3, 0.4) is 0 Å². The summed E-state index contributed by atoms with van der Waals surface area (Å²) in [6.45, 7) is 0. The third kappa shape index (κ3) is 5.22. The average Bonchev–Trinajstić information content (AvgIpc) is 3.39. The molecule has 0 spiro atoms. The molecule has 4 N–H and O–H groups in total. The van der Waals surface area contributed by atoms with Gasteiger partial charge in [0.2, 0.25) is 0 Å². The maximum absolute atomic E-state index is 13.1. The lowest BCUT2D eigenvalue weighted by molar-refractivity contribution is -0.138. The van der Waals surface area contributed by atoms with E-state index in [0.29, 0.717) is 6.42 Å². The van der Waals surface area contributed by atoms with Gasteiger partial charge in [-0.3, -0.25) is 9.78 Å². The van der Waals surface area contributed by atoms with Crippen LogP contribution in [-0.2, 0) is 18.3 Å². The molecule has 0 unspecified atom stereocenters. The highest BCUT2D eigenvalue weighted by Gasteiger charge is 2.15. The van der Waals surface area contributed by atoms with Gasteiger partial charge in [-0.2, -0.15) is 0 Å². The van der Waals surface area contributed by atoms with Crippen LogP contribution in [0.25, 0.3) is 34.0 Å². The first kappa shape index (κ1) is 22.9. The van der Waals surface area contributed by atoms with Gasteiger partial charge in [0.25, 0.3) is 0 Å². The Morgan fingerprint density at radius 3 is 2.76 bits per heavy atom. The van der Waals surface area contributed by atoms with Crippen molar-refractivity contribution in [1.82, 2.24) is 14.5 Å². The molecule has 0 aliphatic heterocycles.